The lowest BCUT2D eigenvalue weighted by molar-refractivity contribution is -0.140. The van der Waals surface area contributed by atoms with Crippen molar-refractivity contribution in [3.05, 3.63) is 89.5 Å². The van der Waals surface area contributed by atoms with Crippen molar-refractivity contribution in [3.63, 3.8) is 0 Å². The van der Waals surface area contributed by atoms with Gasteiger partial charge in [-0.2, -0.15) is 0 Å². The van der Waals surface area contributed by atoms with Crippen LogP contribution in [0.4, 0.5) is 5.69 Å². The number of fused-ring (bicyclic) bond motifs is 1. The zero-order valence-electron chi connectivity index (χ0n) is 24.8. The number of nitrogens with one attached hydrogen (secondary N) is 1. The van der Waals surface area contributed by atoms with Crippen LogP contribution in [-0.2, 0) is 32.6 Å². The third-order valence-corrected chi connectivity index (χ3v) is 7.84. The number of ether oxygens (including phenoxy) is 2. The maximum Gasteiger partial charge on any atom is 0.244 e. The summed E-state index contributed by atoms with van der Waals surface area (Å²) < 4.78 is 38.4. The van der Waals surface area contributed by atoms with Crippen molar-refractivity contribution in [2.45, 2.75) is 52.2 Å². The molecule has 0 saturated carbocycles. The van der Waals surface area contributed by atoms with E-state index >= 15 is 0 Å². The number of carbonyl (C=O) groups excluding carboxylic acids is 2. The van der Waals surface area contributed by atoms with Crippen LogP contribution < -0.4 is 19.1 Å². The highest BCUT2D eigenvalue weighted by Crippen LogP contribution is 2.35. The second-order valence-corrected chi connectivity index (χ2v) is 13.5. The number of benzene rings is 3. The molecule has 0 aromatic heterocycles. The third-order valence-electron chi connectivity index (χ3n) is 6.70. The van der Waals surface area contributed by atoms with E-state index in [4.69, 9.17) is 9.47 Å². The molecule has 1 N–H and O–H groups in total. The van der Waals surface area contributed by atoms with Gasteiger partial charge in [-0.3, -0.25) is 13.9 Å². The molecule has 3 aromatic carbocycles. The number of sulfonamides is 1. The quantitative estimate of drug-likeness (QED) is 0.380. The maximum atomic E-state index is 14.2. The van der Waals surface area contributed by atoms with Gasteiger partial charge in [0.1, 0.15) is 25.8 Å². The standard InChI is InChI=1S/C32H39N3O6S/c1-23-10-9-13-25(18-23)21-34(27(31(37)33-32(2,3)4)19-24-11-7-6-8-12-24)30(36)22-35(42(5,38)39)26-14-15-28-29(20-26)41-17-16-40-28/h6-15,18,20,27H,16-17,19,21-22H2,1-5H3,(H,33,37)/t27-/m0/s1. The molecule has 1 heterocycles. The van der Waals surface area contributed by atoms with Crippen LogP contribution in [0.1, 0.15) is 37.5 Å². The first kappa shape index (κ1) is 30.9. The predicted octanol–water partition coefficient (Wildman–Crippen LogP) is 4.09. The number of rotatable bonds is 10. The van der Waals surface area contributed by atoms with Gasteiger partial charge in [-0.25, -0.2) is 8.42 Å². The summed E-state index contributed by atoms with van der Waals surface area (Å²) in [4.78, 5) is 29.5. The molecule has 10 heteroatoms. The van der Waals surface area contributed by atoms with Crippen molar-refractivity contribution in [2.75, 3.05) is 30.3 Å². The third kappa shape index (κ3) is 8.25. The summed E-state index contributed by atoms with van der Waals surface area (Å²) in [5.74, 6) is 0.0787. The summed E-state index contributed by atoms with van der Waals surface area (Å²) in [6, 6.07) is 21.0. The number of carbonyl (C=O) groups is 2. The van der Waals surface area contributed by atoms with Crippen molar-refractivity contribution >= 4 is 27.5 Å². The number of amides is 2. The summed E-state index contributed by atoms with van der Waals surface area (Å²) in [6.07, 6.45) is 1.30. The van der Waals surface area contributed by atoms with E-state index in [1.54, 1.807) is 18.2 Å². The SMILES string of the molecule is Cc1cccc(CN(C(=O)CN(c2ccc3c(c2)OCCO3)S(C)(=O)=O)[C@@H](Cc2ccccc2)C(=O)NC(C)(C)C)c1. The van der Waals surface area contributed by atoms with E-state index in [1.807, 2.05) is 82.3 Å². The van der Waals surface area contributed by atoms with Gasteiger partial charge < -0.3 is 19.7 Å². The van der Waals surface area contributed by atoms with Crippen molar-refractivity contribution in [1.29, 1.82) is 0 Å². The second kappa shape index (κ2) is 12.9. The van der Waals surface area contributed by atoms with Crippen molar-refractivity contribution < 1.29 is 27.5 Å². The zero-order valence-corrected chi connectivity index (χ0v) is 25.6. The van der Waals surface area contributed by atoms with E-state index < -0.39 is 34.1 Å². The Balaban J connectivity index is 1.74. The first-order valence-electron chi connectivity index (χ1n) is 13.9. The fourth-order valence-electron chi connectivity index (χ4n) is 4.81. The number of hydrogen-bond donors (Lipinski definition) is 1. The molecule has 42 heavy (non-hydrogen) atoms. The van der Waals surface area contributed by atoms with Gasteiger partial charge in [0, 0.05) is 24.6 Å². The van der Waals surface area contributed by atoms with Gasteiger partial charge in [-0.15, -0.1) is 0 Å². The van der Waals surface area contributed by atoms with E-state index in [0.29, 0.717) is 24.7 Å². The minimum Gasteiger partial charge on any atom is -0.486 e. The largest absolute Gasteiger partial charge is 0.486 e. The van der Waals surface area contributed by atoms with E-state index in [0.717, 1.165) is 27.3 Å². The Morgan fingerprint density at radius 2 is 1.57 bits per heavy atom. The molecule has 1 aliphatic rings. The topological polar surface area (TPSA) is 105 Å². The zero-order chi connectivity index (χ0) is 30.5. The Labute approximate surface area is 248 Å². The van der Waals surface area contributed by atoms with Crippen LogP contribution >= 0.6 is 0 Å². The molecule has 4 rings (SSSR count). The average Bonchev–Trinajstić information content (AvgIpc) is 2.92. The molecule has 224 valence electrons. The lowest BCUT2D eigenvalue weighted by atomic mass is 10.0. The summed E-state index contributed by atoms with van der Waals surface area (Å²) in [5, 5.41) is 3.03. The molecule has 0 radical (unpaired) electrons. The Morgan fingerprint density at radius 3 is 2.21 bits per heavy atom. The molecule has 0 bridgehead atoms. The van der Waals surface area contributed by atoms with Crippen LogP contribution in [0.3, 0.4) is 0 Å². The van der Waals surface area contributed by atoms with Gasteiger partial charge in [0.2, 0.25) is 21.8 Å². The molecule has 9 nitrogen and oxygen atoms in total. The van der Waals surface area contributed by atoms with Crippen LogP contribution in [0.5, 0.6) is 11.5 Å². The molecule has 0 unspecified atom stereocenters. The van der Waals surface area contributed by atoms with Crippen molar-refractivity contribution in [2.24, 2.45) is 0 Å². The highest BCUT2D eigenvalue weighted by atomic mass is 32.2. The average molecular weight is 594 g/mol. The molecule has 0 spiro atoms. The Hall–Kier alpha value is -4.05. The predicted molar refractivity (Wildman–Crippen MR) is 163 cm³/mol. The highest BCUT2D eigenvalue weighted by Gasteiger charge is 2.34. The van der Waals surface area contributed by atoms with Crippen molar-refractivity contribution in [1.82, 2.24) is 10.2 Å². The molecule has 0 fully saturated rings. The Bertz CT molecular complexity index is 1520. The van der Waals surface area contributed by atoms with E-state index in [1.165, 1.54) is 4.90 Å². The lowest BCUT2D eigenvalue weighted by Gasteiger charge is -2.35. The van der Waals surface area contributed by atoms with Crippen LogP contribution in [0, 0.1) is 6.92 Å². The second-order valence-electron chi connectivity index (χ2n) is 11.6. The van der Waals surface area contributed by atoms with Gasteiger partial charge in [0.05, 0.1) is 11.9 Å². The Morgan fingerprint density at radius 1 is 0.905 bits per heavy atom. The summed E-state index contributed by atoms with van der Waals surface area (Å²) in [6.45, 7) is 7.94. The number of anilines is 1. The number of hydrogen-bond acceptors (Lipinski definition) is 6. The van der Waals surface area contributed by atoms with Crippen molar-refractivity contribution in [3.8, 4) is 11.5 Å². The summed E-state index contributed by atoms with van der Waals surface area (Å²) in [7, 11) is -3.90. The molecule has 1 atom stereocenters. The van der Waals surface area contributed by atoms with E-state index in [-0.39, 0.29) is 24.6 Å². The fourth-order valence-corrected chi connectivity index (χ4v) is 5.66. The van der Waals surface area contributed by atoms with Crippen LogP contribution in [0.15, 0.2) is 72.8 Å². The molecule has 1 aliphatic heterocycles. The van der Waals surface area contributed by atoms with Crippen LogP contribution in [0.2, 0.25) is 0 Å². The molecule has 0 saturated heterocycles. The molecule has 2 amide bonds. The first-order chi connectivity index (χ1) is 19.8. The van der Waals surface area contributed by atoms with Gasteiger partial charge in [-0.1, -0.05) is 60.2 Å². The van der Waals surface area contributed by atoms with Gasteiger partial charge in [-0.05, 0) is 51.0 Å². The molecule has 3 aromatic rings. The van der Waals surface area contributed by atoms with Gasteiger partial charge in [0.15, 0.2) is 11.5 Å². The Kier molecular flexibility index (Phi) is 9.46. The summed E-state index contributed by atoms with van der Waals surface area (Å²) >= 11 is 0. The molecular weight excluding hydrogens is 554 g/mol. The monoisotopic (exact) mass is 593 g/mol. The minimum atomic E-state index is -3.90. The molecular formula is C32H39N3O6S. The van der Waals surface area contributed by atoms with E-state index in [2.05, 4.69) is 5.32 Å². The van der Waals surface area contributed by atoms with Crippen LogP contribution in [-0.4, -0.2) is 62.7 Å². The minimum absolute atomic E-state index is 0.119. The van der Waals surface area contributed by atoms with Gasteiger partial charge in [0.25, 0.3) is 0 Å². The maximum absolute atomic E-state index is 14.2. The highest BCUT2D eigenvalue weighted by molar-refractivity contribution is 7.92. The summed E-state index contributed by atoms with van der Waals surface area (Å²) in [5.41, 5.74) is 2.43. The van der Waals surface area contributed by atoms with Gasteiger partial charge >= 0.3 is 0 Å². The number of aryl methyl sites for hydroxylation is 1. The smallest absolute Gasteiger partial charge is 0.244 e. The fraction of sp³-hybridized carbons (Fsp3) is 0.375. The first-order valence-corrected chi connectivity index (χ1v) is 15.7. The van der Waals surface area contributed by atoms with Crippen LogP contribution in [0.25, 0.3) is 0 Å². The lowest BCUT2D eigenvalue weighted by Crippen LogP contribution is -2.56. The molecule has 0 aliphatic carbocycles. The van der Waals surface area contributed by atoms with E-state index in [9.17, 15) is 18.0 Å². The number of nitrogens with zero attached hydrogens (tertiary/aromatic N) is 2. The normalized spacial score (nSPS) is 13.6.